The van der Waals surface area contributed by atoms with Crippen LogP contribution in [0.5, 0.6) is 5.75 Å². The number of rotatable bonds is 6. The lowest BCUT2D eigenvalue weighted by atomic mass is 9.89. The average molecular weight is 279 g/mol. The number of nitrogens with zero attached hydrogens (tertiary/aromatic N) is 1. The van der Waals surface area contributed by atoms with Gasteiger partial charge in [-0.05, 0) is 31.5 Å². The molecule has 0 radical (unpaired) electrons. The zero-order chi connectivity index (χ0) is 15.3. The number of benzene rings is 1. The van der Waals surface area contributed by atoms with Gasteiger partial charge < -0.3 is 14.7 Å². The normalized spacial score (nSPS) is 11.0. The Hall–Kier alpha value is -2.04. The number of methoxy groups -OCH3 is 1. The number of hydrogen-bond donors (Lipinski definition) is 1. The van der Waals surface area contributed by atoms with Crippen LogP contribution in [0.1, 0.15) is 25.8 Å². The summed E-state index contributed by atoms with van der Waals surface area (Å²) in [5.74, 6) is -0.435. The van der Waals surface area contributed by atoms with Gasteiger partial charge in [0.1, 0.15) is 5.75 Å². The van der Waals surface area contributed by atoms with Crippen LogP contribution in [0.15, 0.2) is 24.3 Å². The van der Waals surface area contributed by atoms with Gasteiger partial charge in [0.05, 0.1) is 12.5 Å². The van der Waals surface area contributed by atoms with Crippen LogP contribution >= 0.6 is 0 Å². The minimum atomic E-state index is -1.06. The quantitative estimate of drug-likeness (QED) is 0.866. The Balaban J connectivity index is 2.68. The number of aliphatic carboxylic acids is 1. The van der Waals surface area contributed by atoms with Gasteiger partial charge in [0, 0.05) is 20.0 Å². The molecule has 1 N–H and O–H groups in total. The van der Waals surface area contributed by atoms with Crippen molar-refractivity contribution in [2.75, 3.05) is 14.2 Å². The molecule has 0 saturated heterocycles. The molecule has 0 bridgehead atoms. The van der Waals surface area contributed by atoms with Gasteiger partial charge in [-0.3, -0.25) is 9.59 Å². The molecule has 1 rings (SSSR count). The molecule has 0 heterocycles. The van der Waals surface area contributed by atoms with Crippen LogP contribution in [-0.4, -0.2) is 36.0 Å². The van der Waals surface area contributed by atoms with Crippen LogP contribution in [0.3, 0.4) is 0 Å². The van der Waals surface area contributed by atoms with Crippen molar-refractivity contribution >= 4 is 11.9 Å². The summed E-state index contributed by atoms with van der Waals surface area (Å²) in [5, 5.41) is 9.04. The van der Waals surface area contributed by atoms with Crippen LogP contribution in [0.4, 0.5) is 0 Å². The maximum absolute atomic E-state index is 12.1. The molecule has 5 heteroatoms. The van der Waals surface area contributed by atoms with Crippen molar-refractivity contribution in [2.45, 2.75) is 26.8 Å². The summed E-state index contributed by atoms with van der Waals surface area (Å²) in [5.41, 5.74) is -0.118. The van der Waals surface area contributed by atoms with Gasteiger partial charge in [0.2, 0.25) is 5.91 Å². The van der Waals surface area contributed by atoms with Crippen LogP contribution in [0.2, 0.25) is 0 Å². The van der Waals surface area contributed by atoms with Crippen molar-refractivity contribution in [3.8, 4) is 5.75 Å². The molecule has 0 aliphatic carbocycles. The average Bonchev–Trinajstić information content (AvgIpc) is 2.38. The van der Waals surface area contributed by atoms with Crippen LogP contribution in [0, 0.1) is 5.41 Å². The fourth-order valence-corrected chi connectivity index (χ4v) is 1.72. The molecule has 0 aromatic heterocycles. The fourth-order valence-electron chi connectivity index (χ4n) is 1.72. The summed E-state index contributed by atoms with van der Waals surface area (Å²) in [7, 11) is 3.25. The lowest BCUT2D eigenvalue weighted by Gasteiger charge is -2.23. The van der Waals surface area contributed by atoms with Crippen LogP contribution in [0.25, 0.3) is 0 Å². The minimum absolute atomic E-state index is 0.0250. The van der Waals surface area contributed by atoms with Crippen molar-refractivity contribution in [1.29, 1.82) is 0 Å². The second-order valence-electron chi connectivity index (χ2n) is 5.47. The maximum atomic E-state index is 12.1. The molecule has 5 nitrogen and oxygen atoms in total. The Labute approximate surface area is 119 Å². The molecule has 0 spiro atoms. The van der Waals surface area contributed by atoms with Gasteiger partial charge in [0.25, 0.3) is 0 Å². The van der Waals surface area contributed by atoms with Crippen molar-refractivity contribution < 1.29 is 19.4 Å². The molecule has 1 amide bonds. The standard InChI is InChI=1S/C15H21NO4/c1-15(2,14(18)19)9-13(17)16(3)10-11-6-5-7-12(8-11)20-4/h5-8H,9-10H2,1-4H3,(H,18,19). The van der Waals surface area contributed by atoms with E-state index in [0.29, 0.717) is 6.54 Å². The largest absolute Gasteiger partial charge is 0.497 e. The molecule has 0 unspecified atom stereocenters. The summed E-state index contributed by atoms with van der Waals surface area (Å²) >= 11 is 0. The molecule has 20 heavy (non-hydrogen) atoms. The first-order valence-corrected chi connectivity index (χ1v) is 6.36. The topological polar surface area (TPSA) is 66.8 Å². The summed E-state index contributed by atoms with van der Waals surface area (Å²) in [6, 6.07) is 7.44. The van der Waals surface area contributed by atoms with Gasteiger partial charge in [-0.2, -0.15) is 0 Å². The summed E-state index contributed by atoms with van der Waals surface area (Å²) in [6.07, 6.45) is -0.0250. The van der Waals surface area contributed by atoms with Crippen molar-refractivity contribution in [2.24, 2.45) is 5.41 Å². The molecule has 1 aromatic rings. The van der Waals surface area contributed by atoms with Gasteiger partial charge in [0.15, 0.2) is 0 Å². The molecular weight excluding hydrogens is 258 g/mol. The zero-order valence-corrected chi connectivity index (χ0v) is 12.3. The Morgan fingerprint density at radius 3 is 2.55 bits per heavy atom. The SMILES string of the molecule is COc1cccc(CN(C)C(=O)CC(C)(C)C(=O)O)c1. The van der Waals surface area contributed by atoms with Gasteiger partial charge in [-0.25, -0.2) is 0 Å². The first-order chi connectivity index (χ1) is 9.26. The highest BCUT2D eigenvalue weighted by Gasteiger charge is 2.31. The molecule has 0 aliphatic rings. The third kappa shape index (κ3) is 4.26. The zero-order valence-electron chi connectivity index (χ0n) is 12.3. The van der Waals surface area contributed by atoms with E-state index in [1.165, 1.54) is 4.90 Å². The summed E-state index contributed by atoms with van der Waals surface area (Å²) < 4.78 is 5.13. The van der Waals surface area contributed by atoms with E-state index in [4.69, 9.17) is 9.84 Å². The number of carbonyl (C=O) groups excluding carboxylic acids is 1. The monoisotopic (exact) mass is 279 g/mol. The second kappa shape index (κ2) is 6.41. The lowest BCUT2D eigenvalue weighted by molar-refractivity contribution is -0.151. The van der Waals surface area contributed by atoms with E-state index in [9.17, 15) is 9.59 Å². The van der Waals surface area contributed by atoms with Crippen LogP contribution in [-0.2, 0) is 16.1 Å². The van der Waals surface area contributed by atoms with Crippen LogP contribution < -0.4 is 4.74 Å². The smallest absolute Gasteiger partial charge is 0.309 e. The predicted molar refractivity (Wildman–Crippen MR) is 75.5 cm³/mol. The van der Waals surface area contributed by atoms with E-state index in [2.05, 4.69) is 0 Å². The Bertz CT molecular complexity index is 496. The number of carboxylic acids is 1. The Kier molecular flexibility index (Phi) is 5.13. The van der Waals surface area contributed by atoms with Crippen molar-refractivity contribution in [3.63, 3.8) is 0 Å². The number of ether oxygens (including phenoxy) is 1. The highest BCUT2D eigenvalue weighted by Crippen LogP contribution is 2.22. The van der Waals surface area contributed by atoms with Crippen molar-refractivity contribution in [3.05, 3.63) is 29.8 Å². The first-order valence-electron chi connectivity index (χ1n) is 6.36. The van der Waals surface area contributed by atoms with Gasteiger partial charge in [-0.1, -0.05) is 12.1 Å². The Morgan fingerprint density at radius 2 is 2.00 bits per heavy atom. The fraction of sp³-hybridized carbons (Fsp3) is 0.467. The van der Waals surface area contributed by atoms with Gasteiger partial charge >= 0.3 is 5.97 Å². The third-order valence-corrected chi connectivity index (χ3v) is 3.15. The maximum Gasteiger partial charge on any atom is 0.309 e. The second-order valence-corrected chi connectivity index (χ2v) is 5.47. The minimum Gasteiger partial charge on any atom is -0.497 e. The van der Waals surface area contributed by atoms with Crippen molar-refractivity contribution in [1.82, 2.24) is 4.90 Å². The highest BCUT2D eigenvalue weighted by molar-refractivity contribution is 5.84. The van der Waals surface area contributed by atoms with E-state index < -0.39 is 11.4 Å². The molecular formula is C15H21NO4. The van der Waals surface area contributed by atoms with E-state index in [1.807, 2.05) is 24.3 Å². The number of amides is 1. The van der Waals surface area contributed by atoms with E-state index in [-0.39, 0.29) is 12.3 Å². The summed E-state index contributed by atoms with van der Waals surface area (Å²) in [6.45, 7) is 3.52. The predicted octanol–water partition coefficient (Wildman–Crippen LogP) is 2.15. The molecule has 0 aliphatic heterocycles. The van der Waals surface area contributed by atoms with Gasteiger partial charge in [-0.15, -0.1) is 0 Å². The van der Waals surface area contributed by atoms with E-state index >= 15 is 0 Å². The molecule has 0 fully saturated rings. The molecule has 0 saturated carbocycles. The summed E-state index contributed by atoms with van der Waals surface area (Å²) in [4.78, 5) is 24.6. The third-order valence-electron chi connectivity index (χ3n) is 3.15. The van der Waals surface area contributed by atoms with E-state index in [1.54, 1.807) is 28.0 Å². The molecule has 110 valence electrons. The number of carbonyl (C=O) groups is 2. The molecule has 1 aromatic carbocycles. The van der Waals surface area contributed by atoms with E-state index in [0.717, 1.165) is 11.3 Å². The lowest BCUT2D eigenvalue weighted by Crippen LogP contribution is -2.34. The highest BCUT2D eigenvalue weighted by atomic mass is 16.5. The number of hydrogen-bond acceptors (Lipinski definition) is 3. The number of carboxylic acid groups (broad SMARTS) is 1. The Morgan fingerprint density at radius 1 is 1.35 bits per heavy atom. The molecule has 0 atom stereocenters. The first kappa shape index (κ1) is 16.0.